The molecule has 0 aromatic heterocycles. The van der Waals surface area contributed by atoms with Crippen LogP contribution in [-0.2, 0) is 14.3 Å². The van der Waals surface area contributed by atoms with Crippen molar-refractivity contribution in [3.05, 3.63) is 29.8 Å². The molecule has 19 heavy (non-hydrogen) atoms. The minimum absolute atomic E-state index is 0.201. The average Bonchev–Trinajstić information content (AvgIpc) is 2.46. The molecule has 0 bridgehead atoms. The number of nitrogens with zero attached hydrogens (tertiary/aromatic N) is 1. The highest BCUT2D eigenvalue weighted by atomic mass is 16.7. The molecule has 1 aromatic carbocycles. The predicted octanol–water partition coefficient (Wildman–Crippen LogP) is 3.54. The lowest BCUT2D eigenvalue weighted by molar-refractivity contribution is -0.115. The summed E-state index contributed by atoms with van der Waals surface area (Å²) < 4.78 is 10.9. The number of ether oxygens (including phenoxy) is 2. The highest BCUT2D eigenvalue weighted by Crippen LogP contribution is 2.31. The number of rotatable bonds is 6. The Kier molecular flexibility index (Phi) is 4.95. The Labute approximate surface area is 113 Å². The van der Waals surface area contributed by atoms with Crippen molar-refractivity contribution in [2.24, 2.45) is 4.99 Å². The van der Waals surface area contributed by atoms with Crippen molar-refractivity contribution < 1.29 is 14.3 Å². The number of hydrogen-bond donors (Lipinski definition) is 0. The number of aldehydes is 1. The summed E-state index contributed by atoms with van der Waals surface area (Å²) >= 11 is 0. The van der Waals surface area contributed by atoms with E-state index in [0.29, 0.717) is 6.61 Å². The second-order valence-corrected chi connectivity index (χ2v) is 4.52. The van der Waals surface area contributed by atoms with Gasteiger partial charge >= 0.3 is 6.08 Å². The molecule has 0 saturated carbocycles. The molecule has 4 nitrogen and oxygen atoms in total. The van der Waals surface area contributed by atoms with Crippen LogP contribution in [0.2, 0.25) is 0 Å². The van der Waals surface area contributed by atoms with Crippen molar-refractivity contribution >= 4 is 18.1 Å². The van der Waals surface area contributed by atoms with Gasteiger partial charge in [-0.05, 0) is 12.5 Å². The second kappa shape index (κ2) is 6.92. The number of unbranched alkanes of at least 4 members (excludes halogenated alkanes) is 3. The summed E-state index contributed by atoms with van der Waals surface area (Å²) in [7, 11) is 0. The van der Waals surface area contributed by atoms with Crippen LogP contribution in [0, 0.1) is 0 Å². The molecule has 0 aliphatic carbocycles. The first-order valence-corrected chi connectivity index (χ1v) is 6.77. The summed E-state index contributed by atoms with van der Waals surface area (Å²) in [6, 6.07) is 7.45. The lowest BCUT2D eigenvalue weighted by atomic mass is 10.1. The van der Waals surface area contributed by atoms with Gasteiger partial charge in [0, 0.05) is 5.56 Å². The van der Waals surface area contributed by atoms with Crippen LogP contribution in [0.1, 0.15) is 44.3 Å². The highest BCUT2D eigenvalue weighted by Gasteiger charge is 2.23. The third kappa shape index (κ3) is 3.56. The first-order chi connectivity index (χ1) is 9.35. The molecular formula is C15H19NO3. The van der Waals surface area contributed by atoms with Gasteiger partial charge in [0.1, 0.15) is 0 Å². The molecule has 0 spiro atoms. The maximum Gasteiger partial charge on any atom is 0.389 e. The zero-order chi connectivity index (χ0) is 13.5. The Morgan fingerprint density at radius 3 is 2.95 bits per heavy atom. The summed E-state index contributed by atoms with van der Waals surface area (Å²) in [4.78, 5) is 15.3. The zero-order valence-electron chi connectivity index (χ0n) is 11.2. The normalized spacial score (nSPS) is 17.1. The number of carbonyl (C=O) groups is 1. The molecule has 1 aliphatic heterocycles. The Hall–Kier alpha value is -1.84. The minimum Gasteiger partial charge on any atom is -0.450 e. The molecule has 0 amide bonds. The molecule has 2 rings (SSSR count). The Morgan fingerprint density at radius 2 is 2.16 bits per heavy atom. The fraction of sp³-hybridized carbons (Fsp3) is 0.467. The van der Waals surface area contributed by atoms with E-state index in [2.05, 4.69) is 11.9 Å². The van der Waals surface area contributed by atoms with Crippen LogP contribution in [0.15, 0.2) is 29.3 Å². The first-order valence-electron chi connectivity index (χ1n) is 6.77. The monoisotopic (exact) mass is 261 g/mol. The van der Waals surface area contributed by atoms with Gasteiger partial charge in [-0.1, -0.05) is 44.4 Å². The minimum atomic E-state index is -0.612. The predicted molar refractivity (Wildman–Crippen MR) is 73.5 cm³/mol. The van der Waals surface area contributed by atoms with E-state index in [-0.39, 0.29) is 6.08 Å². The van der Waals surface area contributed by atoms with Crippen molar-refractivity contribution in [2.75, 3.05) is 6.61 Å². The van der Waals surface area contributed by atoms with Crippen LogP contribution in [0.5, 0.6) is 0 Å². The van der Waals surface area contributed by atoms with E-state index in [1.165, 1.54) is 12.8 Å². The lowest BCUT2D eigenvalue weighted by Crippen LogP contribution is -2.19. The molecule has 0 fully saturated rings. The maximum absolute atomic E-state index is 11.0. The summed E-state index contributed by atoms with van der Waals surface area (Å²) in [5.74, 6) is 0. The summed E-state index contributed by atoms with van der Waals surface area (Å²) in [6.45, 7) is 2.74. The van der Waals surface area contributed by atoms with Gasteiger partial charge in [-0.2, -0.15) is 4.99 Å². The van der Waals surface area contributed by atoms with E-state index < -0.39 is 6.10 Å². The van der Waals surface area contributed by atoms with Crippen molar-refractivity contribution in [3.63, 3.8) is 0 Å². The van der Waals surface area contributed by atoms with Crippen LogP contribution in [0.3, 0.4) is 0 Å². The molecule has 0 radical (unpaired) electrons. The zero-order valence-corrected chi connectivity index (χ0v) is 11.2. The quantitative estimate of drug-likeness (QED) is 0.581. The summed E-state index contributed by atoms with van der Waals surface area (Å²) in [6.07, 6.45) is 4.87. The molecule has 1 aliphatic rings. The topological polar surface area (TPSA) is 47.9 Å². The van der Waals surface area contributed by atoms with E-state index in [9.17, 15) is 4.79 Å². The maximum atomic E-state index is 11.0. The van der Waals surface area contributed by atoms with E-state index >= 15 is 0 Å². The fourth-order valence-electron chi connectivity index (χ4n) is 1.98. The third-order valence-corrected chi connectivity index (χ3v) is 3.03. The molecule has 1 heterocycles. The molecule has 1 atom stereocenters. The SMILES string of the molecule is CCCCCCOC1=Nc2ccccc2C(C=O)O1. The van der Waals surface area contributed by atoms with Crippen LogP contribution < -0.4 is 0 Å². The van der Waals surface area contributed by atoms with Crippen LogP contribution >= 0.6 is 0 Å². The largest absolute Gasteiger partial charge is 0.450 e. The number of carbonyl (C=O) groups excluding carboxylic acids is 1. The number of aliphatic imine (C=N–C) groups is 1. The van der Waals surface area contributed by atoms with Crippen molar-refractivity contribution in [3.8, 4) is 0 Å². The molecule has 4 heteroatoms. The van der Waals surface area contributed by atoms with Gasteiger partial charge < -0.3 is 9.47 Å². The second-order valence-electron chi connectivity index (χ2n) is 4.52. The van der Waals surface area contributed by atoms with Crippen molar-refractivity contribution in [1.82, 2.24) is 0 Å². The summed E-state index contributed by atoms with van der Waals surface area (Å²) in [5.41, 5.74) is 1.53. The van der Waals surface area contributed by atoms with Gasteiger partial charge in [-0.25, -0.2) is 0 Å². The van der Waals surface area contributed by atoms with E-state index in [4.69, 9.17) is 9.47 Å². The number of para-hydroxylation sites is 1. The smallest absolute Gasteiger partial charge is 0.389 e. The Balaban J connectivity index is 1.96. The van der Waals surface area contributed by atoms with E-state index in [1.807, 2.05) is 24.3 Å². The highest BCUT2D eigenvalue weighted by molar-refractivity contribution is 5.80. The lowest BCUT2D eigenvalue weighted by Gasteiger charge is -2.21. The van der Waals surface area contributed by atoms with Crippen molar-refractivity contribution in [2.45, 2.75) is 38.7 Å². The third-order valence-electron chi connectivity index (χ3n) is 3.03. The number of hydrogen-bond acceptors (Lipinski definition) is 4. The van der Waals surface area contributed by atoms with Crippen LogP contribution in [0.4, 0.5) is 5.69 Å². The Bertz CT molecular complexity index is 456. The number of fused-ring (bicyclic) bond motifs is 1. The van der Waals surface area contributed by atoms with Gasteiger partial charge in [0.05, 0.1) is 12.3 Å². The molecular weight excluding hydrogens is 242 g/mol. The number of benzene rings is 1. The van der Waals surface area contributed by atoms with Gasteiger partial charge in [0.15, 0.2) is 12.4 Å². The van der Waals surface area contributed by atoms with Gasteiger partial charge in [-0.3, -0.25) is 4.79 Å². The van der Waals surface area contributed by atoms with Crippen molar-refractivity contribution in [1.29, 1.82) is 0 Å². The average molecular weight is 261 g/mol. The van der Waals surface area contributed by atoms with E-state index in [0.717, 1.165) is 30.4 Å². The van der Waals surface area contributed by atoms with E-state index in [1.54, 1.807) is 0 Å². The van der Waals surface area contributed by atoms with Gasteiger partial charge in [-0.15, -0.1) is 0 Å². The van der Waals surface area contributed by atoms with Crippen LogP contribution in [-0.4, -0.2) is 19.0 Å². The molecule has 1 unspecified atom stereocenters. The Morgan fingerprint density at radius 1 is 1.32 bits per heavy atom. The molecule has 102 valence electrons. The van der Waals surface area contributed by atoms with Crippen LogP contribution in [0.25, 0.3) is 0 Å². The summed E-state index contributed by atoms with van der Waals surface area (Å²) in [5, 5.41) is 0. The van der Waals surface area contributed by atoms with Gasteiger partial charge in [0.2, 0.25) is 0 Å². The first kappa shape index (κ1) is 13.6. The van der Waals surface area contributed by atoms with Gasteiger partial charge in [0.25, 0.3) is 0 Å². The molecule has 0 saturated heterocycles. The fourth-order valence-corrected chi connectivity index (χ4v) is 1.98. The standard InChI is InChI=1S/C15H19NO3/c1-2-3-4-7-10-18-15-16-13-9-6-5-8-12(13)14(11-17)19-15/h5-6,8-9,11,14H,2-4,7,10H2,1H3. The molecule has 1 aromatic rings. The molecule has 0 N–H and O–H groups in total.